The molecule has 2 N–H and O–H groups in total. The average Bonchev–Trinajstić information content (AvgIpc) is 2.44. The van der Waals surface area contributed by atoms with E-state index in [1.807, 2.05) is 24.1 Å². The van der Waals surface area contributed by atoms with Gasteiger partial charge in [0.25, 0.3) is 0 Å². The van der Waals surface area contributed by atoms with Crippen LogP contribution in [0.3, 0.4) is 0 Å². The fourth-order valence-corrected chi connectivity index (χ4v) is 2.36. The van der Waals surface area contributed by atoms with Gasteiger partial charge in [-0.1, -0.05) is 0 Å². The highest BCUT2D eigenvalue weighted by Gasteiger charge is 2.36. The van der Waals surface area contributed by atoms with Crippen LogP contribution in [0.5, 0.6) is 0 Å². The molecule has 2 rings (SSSR count). The van der Waals surface area contributed by atoms with Crippen molar-refractivity contribution < 1.29 is 4.79 Å². The number of carbonyl (C=O) groups is 1. The zero-order valence-corrected chi connectivity index (χ0v) is 11.2. The predicted molar refractivity (Wildman–Crippen MR) is 73.6 cm³/mol. The molecule has 0 aliphatic carbocycles. The van der Waals surface area contributed by atoms with Crippen molar-refractivity contribution in [1.29, 1.82) is 5.26 Å². The van der Waals surface area contributed by atoms with Gasteiger partial charge in [0, 0.05) is 24.8 Å². The van der Waals surface area contributed by atoms with E-state index < -0.39 is 0 Å². The lowest BCUT2D eigenvalue weighted by atomic mass is 10.1. The highest BCUT2D eigenvalue weighted by Crippen LogP contribution is 2.22. The molecule has 2 atom stereocenters. The number of amides is 1. The molecule has 5 heteroatoms. The monoisotopic (exact) mass is 258 g/mol. The van der Waals surface area contributed by atoms with Gasteiger partial charge in [0.1, 0.15) is 6.04 Å². The molecule has 1 heterocycles. The van der Waals surface area contributed by atoms with E-state index in [2.05, 4.69) is 13.0 Å². The van der Waals surface area contributed by atoms with E-state index in [1.165, 1.54) is 0 Å². The largest absolute Gasteiger partial charge is 0.328 e. The van der Waals surface area contributed by atoms with Crippen molar-refractivity contribution in [2.75, 3.05) is 25.0 Å². The summed E-state index contributed by atoms with van der Waals surface area (Å²) >= 11 is 0. The maximum Gasteiger partial charge on any atom is 0.245 e. The van der Waals surface area contributed by atoms with Gasteiger partial charge in [0.05, 0.1) is 11.6 Å². The van der Waals surface area contributed by atoms with Crippen LogP contribution in [0, 0.1) is 11.3 Å². The Balaban J connectivity index is 2.28. The second-order valence-electron chi connectivity index (χ2n) is 4.87. The SMILES string of the molecule is CC1CN(c2ccc(C#N)cc2)C(=O)C(CN)N1C. The maximum atomic E-state index is 12.4. The smallest absolute Gasteiger partial charge is 0.245 e. The summed E-state index contributed by atoms with van der Waals surface area (Å²) in [6, 6.07) is 9.11. The quantitative estimate of drug-likeness (QED) is 0.841. The number of nitrogens with zero attached hydrogens (tertiary/aromatic N) is 3. The number of nitriles is 1. The molecule has 1 fully saturated rings. The number of likely N-dealkylation sites (N-methyl/N-ethyl adjacent to an activating group) is 1. The summed E-state index contributed by atoms with van der Waals surface area (Å²) in [5.74, 6) is 0.0211. The Morgan fingerprint density at radius 2 is 2.05 bits per heavy atom. The molecule has 0 aromatic heterocycles. The van der Waals surface area contributed by atoms with Crippen molar-refractivity contribution in [3.8, 4) is 6.07 Å². The average molecular weight is 258 g/mol. The van der Waals surface area contributed by atoms with E-state index >= 15 is 0 Å². The third kappa shape index (κ3) is 2.46. The first-order valence-corrected chi connectivity index (χ1v) is 6.32. The van der Waals surface area contributed by atoms with Crippen LogP contribution in [0.2, 0.25) is 0 Å². The molecule has 0 saturated carbocycles. The van der Waals surface area contributed by atoms with Crippen LogP contribution in [0.25, 0.3) is 0 Å². The topological polar surface area (TPSA) is 73.4 Å². The van der Waals surface area contributed by atoms with Gasteiger partial charge in [-0.2, -0.15) is 5.26 Å². The number of rotatable bonds is 2. The molecule has 1 saturated heterocycles. The number of hydrogen-bond acceptors (Lipinski definition) is 4. The number of nitrogens with two attached hydrogens (primary N) is 1. The minimum absolute atomic E-state index is 0.0211. The first-order chi connectivity index (χ1) is 9.08. The second-order valence-corrected chi connectivity index (χ2v) is 4.87. The van der Waals surface area contributed by atoms with E-state index in [0.29, 0.717) is 18.7 Å². The van der Waals surface area contributed by atoms with E-state index in [1.54, 1.807) is 17.0 Å². The number of carbonyl (C=O) groups excluding carboxylic acids is 1. The van der Waals surface area contributed by atoms with Crippen LogP contribution in [0.1, 0.15) is 12.5 Å². The zero-order valence-electron chi connectivity index (χ0n) is 11.2. The van der Waals surface area contributed by atoms with E-state index in [-0.39, 0.29) is 18.0 Å². The summed E-state index contributed by atoms with van der Waals surface area (Å²) in [5, 5.41) is 8.79. The molecule has 100 valence electrons. The van der Waals surface area contributed by atoms with Crippen molar-refractivity contribution in [2.45, 2.75) is 19.0 Å². The van der Waals surface area contributed by atoms with Crippen molar-refractivity contribution in [2.24, 2.45) is 5.73 Å². The van der Waals surface area contributed by atoms with Crippen molar-refractivity contribution >= 4 is 11.6 Å². The molecule has 0 radical (unpaired) electrons. The molecule has 0 bridgehead atoms. The van der Waals surface area contributed by atoms with Gasteiger partial charge in [0.2, 0.25) is 5.91 Å². The van der Waals surface area contributed by atoms with Crippen LogP contribution >= 0.6 is 0 Å². The summed E-state index contributed by atoms with van der Waals surface area (Å²) in [6.07, 6.45) is 0. The van der Waals surface area contributed by atoms with Gasteiger partial charge in [-0.3, -0.25) is 9.69 Å². The minimum Gasteiger partial charge on any atom is -0.328 e. The van der Waals surface area contributed by atoms with E-state index in [9.17, 15) is 4.79 Å². The van der Waals surface area contributed by atoms with Crippen LogP contribution in [-0.4, -0.2) is 43.0 Å². The van der Waals surface area contributed by atoms with E-state index in [4.69, 9.17) is 11.0 Å². The van der Waals surface area contributed by atoms with Gasteiger partial charge in [-0.25, -0.2) is 0 Å². The molecule has 1 aromatic carbocycles. The Bertz CT molecular complexity index is 505. The van der Waals surface area contributed by atoms with Gasteiger partial charge in [0.15, 0.2) is 0 Å². The summed E-state index contributed by atoms with van der Waals surface area (Å²) in [7, 11) is 1.93. The van der Waals surface area contributed by atoms with Gasteiger partial charge < -0.3 is 10.6 Å². The Morgan fingerprint density at radius 3 is 2.58 bits per heavy atom. The summed E-state index contributed by atoms with van der Waals surface area (Å²) in [6.45, 7) is 3.02. The van der Waals surface area contributed by atoms with Crippen LogP contribution < -0.4 is 10.6 Å². The van der Waals surface area contributed by atoms with E-state index in [0.717, 1.165) is 5.69 Å². The van der Waals surface area contributed by atoms with Crippen molar-refractivity contribution in [1.82, 2.24) is 4.90 Å². The normalized spacial score (nSPS) is 24.3. The Kier molecular flexibility index (Phi) is 3.84. The van der Waals surface area contributed by atoms with Crippen LogP contribution in [0.4, 0.5) is 5.69 Å². The molecule has 0 spiro atoms. The molecular weight excluding hydrogens is 240 g/mol. The highest BCUT2D eigenvalue weighted by molar-refractivity contribution is 5.98. The fraction of sp³-hybridized carbons (Fsp3) is 0.429. The lowest BCUT2D eigenvalue weighted by molar-refractivity contribution is -0.126. The molecule has 5 nitrogen and oxygen atoms in total. The van der Waals surface area contributed by atoms with Gasteiger partial charge >= 0.3 is 0 Å². The van der Waals surface area contributed by atoms with Crippen LogP contribution in [0.15, 0.2) is 24.3 Å². The standard InChI is InChI=1S/C14H18N4O/c1-10-9-18(14(19)13(8-16)17(10)2)12-5-3-11(7-15)4-6-12/h3-6,10,13H,8-9,16H2,1-2H3. The Labute approximate surface area is 113 Å². The molecule has 1 aromatic rings. The fourth-order valence-electron chi connectivity index (χ4n) is 2.36. The third-order valence-corrected chi connectivity index (χ3v) is 3.72. The summed E-state index contributed by atoms with van der Waals surface area (Å²) < 4.78 is 0. The minimum atomic E-state index is -0.278. The third-order valence-electron chi connectivity index (χ3n) is 3.72. The second kappa shape index (κ2) is 5.39. The number of benzene rings is 1. The Morgan fingerprint density at radius 1 is 1.42 bits per heavy atom. The zero-order chi connectivity index (χ0) is 14.0. The number of piperazine rings is 1. The van der Waals surface area contributed by atoms with Gasteiger partial charge in [-0.05, 0) is 38.2 Å². The summed E-state index contributed by atoms with van der Waals surface area (Å²) in [4.78, 5) is 16.2. The number of hydrogen-bond donors (Lipinski definition) is 1. The van der Waals surface area contributed by atoms with Crippen molar-refractivity contribution in [3.05, 3.63) is 29.8 Å². The predicted octanol–water partition coefficient (Wildman–Crippen LogP) is 0.552. The molecule has 19 heavy (non-hydrogen) atoms. The summed E-state index contributed by atoms with van der Waals surface area (Å²) in [5.41, 5.74) is 7.11. The molecule has 1 aliphatic rings. The first kappa shape index (κ1) is 13.5. The molecule has 1 aliphatic heterocycles. The molecule has 2 unspecified atom stereocenters. The number of anilines is 1. The molecular formula is C14H18N4O. The molecule has 1 amide bonds. The van der Waals surface area contributed by atoms with Gasteiger partial charge in [-0.15, -0.1) is 0 Å². The lowest BCUT2D eigenvalue weighted by Crippen LogP contribution is -2.62. The highest BCUT2D eigenvalue weighted by atomic mass is 16.2. The van der Waals surface area contributed by atoms with Crippen molar-refractivity contribution in [3.63, 3.8) is 0 Å². The maximum absolute atomic E-state index is 12.4. The first-order valence-electron chi connectivity index (χ1n) is 6.32. The Hall–Kier alpha value is -1.90. The van der Waals surface area contributed by atoms with Crippen LogP contribution in [-0.2, 0) is 4.79 Å². The lowest BCUT2D eigenvalue weighted by Gasteiger charge is -2.42.